The minimum absolute atomic E-state index is 0.251. The lowest BCUT2D eigenvalue weighted by atomic mass is 10.4. The van der Waals surface area contributed by atoms with E-state index in [1.807, 2.05) is 0 Å². The molecule has 0 saturated carbocycles. The largest absolute Gasteiger partial charge is 0.493 e. The second kappa shape index (κ2) is 7.77. The highest BCUT2D eigenvalue weighted by Gasteiger charge is 2.62. The molecule has 0 aromatic heterocycles. The molecule has 20 heteroatoms. The van der Waals surface area contributed by atoms with Crippen molar-refractivity contribution in [3.63, 3.8) is 0 Å². The van der Waals surface area contributed by atoms with Gasteiger partial charge in [-0.2, -0.15) is 18.6 Å². The molecule has 0 amide bonds. The van der Waals surface area contributed by atoms with Crippen molar-refractivity contribution in [3.05, 3.63) is 17.8 Å². The zero-order valence-electron chi connectivity index (χ0n) is 13.3. The van der Waals surface area contributed by atoms with Gasteiger partial charge in [0.05, 0.1) is 6.20 Å². The Morgan fingerprint density at radius 2 is 0.833 bits per heavy atom. The van der Waals surface area contributed by atoms with Gasteiger partial charge in [0.15, 0.2) is 5.82 Å². The monoisotopic (exact) mass is 489 g/mol. The standard InChI is InChI=1S/C10H4F17N3/c1-5(11,12)29(8(19,20)21)4(30(9(22,23)24)10(25,26)27)2-3-28(6(13,14)15)7(16,17)18/h3H,1H3. The molecule has 0 fully saturated rings. The summed E-state index contributed by atoms with van der Waals surface area (Å²) in [5, 5.41) is 0. The second-order valence-corrected chi connectivity index (χ2v) is 4.82. The first-order chi connectivity index (χ1) is 12.7. The molecule has 30 heavy (non-hydrogen) atoms. The Balaban J connectivity index is 7.37. The predicted octanol–water partition coefficient (Wildman–Crippen LogP) is 6.06. The molecule has 0 aromatic rings. The van der Waals surface area contributed by atoms with Gasteiger partial charge in [0.25, 0.3) is 0 Å². The zero-order chi connectivity index (χ0) is 24.7. The number of halogens is 17. The van der Waals surface area contributed by atoms with Gasteiger partial charge in [-0.05, 0) is 0 Å². The van der Waals surface area contributed by atoms with E-state index in [1.54, 1.807) is 0 Å². The van der Waals surface area contributed by atoms with Crippen LogP contribution in [-0.4, -0.2) is 52.2 Å². The number of alkyl halides is 17. The molecule has 0 saturated heterocycles. The van der Waals surface area contributed by atoms with Gasteiger partial charge in [-0.25, -0.2) is 4.90 Å². The molecule has 0 unspecified atom stereocenters. The van der Waals surface area contributed by atoms with E-state index < -0.39 is 71.2 Å². The smallest absolute Gasteiger partial charge is 0.201 e. The van der Waals surface area contributed by atoms with Crippen molar-refractivity contribution in [1.29, 1.82) is 0 Å². The lowest BCUT2D eigenvalue weighted by Crippen LogP contribution is -2.58. The summed E-state index contributed by atoms with van der Waals surface area (Å²) < 4.78 is 214. The van der Waals surface area contributed by atoms with E-state index in [0.29, 0.717) is 0 Å². The summed E-state index contributed by atoms with van der Waals surface area (Å²) in [4.78, 5) is -9.29. The molecular weight excluding hydrogens is 485 g/mol. The summed E-state index contributed by atoms with van der Waals surface area (Å²) in [6.07, 6.45) is -36.2. The van der Waals surface area contributed by atoms with E-state index in [1.165, 1.54) is 0 Å². The third kappa shape index (κ3) is 7.21. The summed E-state index contributed by atoms with van der Waals surface area (Å²) in [6, 6.07) is -5.75. The third-order valence-electron chi connectivity index (χ3n) is 2.45. The molecule has 0 N–H and O–H groups in total. The lowest BCUT2D eigenvalue weighted by molar-refractivity contribution is -0.388. The molecule has 0 aliphatic rings. The van der Waals surface area contributed by atoms with Crippen LogP contribution < -0.4 is 0 Å². The minimum Gasteiger partial charge on any atom is -0.201 e. The molecule has 178 valence electrons. The average Bonchev–Trinajstić information content (AvgIpc) is 2.26. The van der Waals surface area contributed by atoms with Crippen molar-refractivity contribution < 1.29 is 74.6 Å². The van der Waals surface area contributed by atoms with E-state index in [9.17, 15) is 74.6 Å². The normalized spacial score (nSPS) is 14.2. The van der Waals surface area contributed by atoms with Crippen LogP contribution in [0.5, 0.6) is 0 Å². The summed E-state index contributed by atoms with van der Waals surface area (Å²) in [7, 11) is 0. The van der Waals surface area contributed by atoms with Gasteiger partial charge in [-0.15, -0.1) is 65.9 Å². The summed E-state index contributed by atoms with van der Waals surface area (Å²) in [6.45, 7) is -0.932. The summed E-state index contributed by atoms with van der Waals surface area (Å²) in [5.41, 5.74) is -0.251. The van der Waals surface area contributed by atoms with E-state index >= 15 is 0 Å². The van der Waals surface area contributed by atoms with Crippen LogP contribution >= 0.6 is 0 Å². The predicted molar refractivity (Wildman–Crippen MR) is 58.0 cm³/mol. The fourth-order valence-electron chi connectivity index (χ4n) is 1.55. The van der Waals surface area contributed by atoms with Gasteiger partial charge in [0.1, 0.15) is 0 Å². The van der Waals surface area contributed by atoms with E-state index in [2.05, 4.69) is 0 Å². The van der Waals surface area contributed by atoms with Crippen molar-refractivity contribution >= 4 is 0 Å². The molecule has 0 aliphatic carbocycles. The van der Waals surface area contributed by atoms with Crippen molar-refractivity contribution in [2.24, 2.45) is 0 Å². The molecule has 0 spiro atoms. The summed E-state index contributed by atoms with van der Waals surface area (Å²) >= 11 is 0. The summed E-state index contributed by atoms with van der Waals surface area (Å²) in [5.74, 6) is -3.98. The van der Waals surface area contributed by atoms with Crippen molar-refractivity contribution in [2.75, 3.05) is 0 Å². The highest BCUT2D eigenvalue weighted by atomic mass is 19.4. The van der Waals surface area contributed by atoms with Crippen LogP contribution in [0.15, 0.2) is 17.8 Å². The van der Waals surface area contributed by atoms with Crippen molar-refractivity contribution in [2.45, 2.75) is 44.5 Å². The number of hydrogen-bond donors (Lipinski definition) is 0. The van der Waals surface area contributed by atoms with Crippen LogP contribution in [0.4, 0.5) is 74.6 Å². The first-order valence-corrected chi connectivity index (χ1v) is 6.30. The van der Waals surface area contributed by atoms with Crippen LogP contribution in [0.3, 0.4) is 0 Å². The van der Waals surface area contributed by atoms with Crippen LogP contribution in [0.25, 0.3) is 0 Å². The Kier molecular flexibility index (Phi) is 7.18. The van der Waals surface area contributed by atoms with Gasteiger partial charge >= 0.3 is 37.5 Å². The molecular formula is C10H4F17N3. The average molecular weight is 489 g/mol. The fourth-order valence-corrected chi connectivity index (χ4v) is 1.55. The zero-order valence-corrected chi connectivity index (χ0v) is 13.3. The maximum Gasteiger partial charge on any atom is 0.493 e. The fraction of sp³-hybridized carbons (Fsp3) is 0.700. The molecule has 3 nitrogen and oxygen atoms in total. The first kappa shape index (κ1) is 27.7. The highest BCUT2D eigenvalue weighted by Crippen LogP contribution is 2.44. The maximum absolute atomic E-state index is 13.2. The SMILES string of the molecule is CC(F)(F)N(C(=C=CN(C(F)(F)F)C(F)(F)F)N(C(F)(F)F)C(F)(F)F)C(F)(F)F. The van der Waals surface area contributed by atoms with Gasteiger partial charge in [-0.1, -0.05) is 5.73 Å². The van der Waals surface area contributed by atoms with Crippen molar-refractivity contribution in [3.8, 4) is 0 Å². The third-order valence-corrected chi connectivity index (χ3v) is 2.45. The molecule has 0 aliphatic heterocycles. The molecule has 0 rings (SSSR count). The Labute approximate surface area is 153 Å². The topological polar surface area (TPSA) is 9.72 Å². The molecule has 0 radical (unpaired) electrons. The van der Waals surface area contributed by atoms with Crippen LogP contribution in [-0.2, 0) is 0 Å². The van der Waals surface area contributed by atoms with E-state index in [0.717, 1.165) is 0 Å². The number of hydrogen-bond acceptors (Lipinski definition) is 3. The maximum atomic E-state index is 13.2. The Morgan fingerprint density at radius 3 is 1.03 bits per heavy atom. The lowest BCUT2D eigenvalue weighted by Gasteiger charge is -2.39. The number of rotatable bonds is 4. The van der Waals surface area contributed by atoms with Gasteiger partial charge < -0.3 is 0 Å². The van der Waals surface area contributed by atoms with Crippen LogP contribution in [0.2, 0.25) is 0 Å². The first-order valence-electron chi connectivity index (χ1n) is 6.30. The molecule has 0 atom stereocenters. The molecule has 0 bridgehead atoms. The second-order valence-electron chi connectivity index (χ2n) is 4.82. The molecule has 0 aromatic carbocycles. The minimum atomic E-state index is -7.08. The molecule has 0 heterocycles. The Hall–Kier alpha value is -2.27. The Morgan fingerprint density at radius 1 is 0.533 bits per heavy atom. The Bertz CT molecular complexity index is 572. The quantitative estimate of drug-likeness (QED) is 0.270. The van der Waals surface area contributed by atoms with Gasteiger partial charge in [0.2, 0.25) is 0 Å². The van der Waals surface area contributed by atoms with Gasteiger partial charge in [-0.3, -0.25) is 0 Å². The van der Waals surface area contributed by atoms with Crippen LogP contribution in [0.1, 0.15) is 6.92 Å². The van der Waals surface area contributed by atoms with E-state index in [-0.39, 0.29) is 5.73 Å². The number of nitrogens with zero attached hydrogens (tertiary/aromatic N) is 3. The highest BCUT2D eigenvalue weighted by molar-refractivity contribution is 5.06. The van der Waals surface area contributed by atoms with E-state index in [4.69, 9.17) is 0 Å². The van der Waals surface area contributed by atoms with Crippen molar-refractivity contribution in [1.82, 2.24) is 14.7 Å². The van der Waals surface area contributed by atoms with Crippen LogP contribution in [0, 0.1) is 0 Å². The van der Waals surface area contributed by atoms with Gasteiger partial charge in [0, 0.05) is 6.92 Å².